The molecule has 0 fully saturated rings. The number of aliphatic carboxylic acids is 1. The van der Waals surface area contributed by atoms with E-state index >= 15 is 0 Å². The monoisotopic (exact) mass is 401 g/mol. The first-order valence-electron chi connectivity index (χ1n) is 7.93. The van der Waals surface area contributed by atoms with E-state index in [0.29, 0.717) is 22.6 Å². The zero-order valence-corrected chi connectivity index (χ0v) is 15.7. The highest BCUT2D eigenvalue weighted by atomic mass is 32.2. The van der Waals surface area contributed by atoms with E-state index in [1.807, 2.05) is 0 Å². The molecule has 7 nitrogen and oxygen atoms in total. The summed E-state index contributed by atoms with van der Waals surface area (Å²) in [5.41, 5.74) is 0.987. The van der Waals surface area contributed by atoms with E-state index in [1.165, 1.54) is 44.6 Å². The van der Waals surface area contributed by atoms with Crippen molar-refractivity contribution >= 4 is 23.8 Å². The molecule has 2 aromatic carbocycles. The fourth-order valence-electron chi connectivity index (χ4n) is 2.35. The van der Waals surface area contributed by atoms with Gasteiger partial charge in [0.15, 0.2) is 11.5 Å². The largest absolute Gasteiger partial charge is 0.544 e. The van der Waals surface area contributed by atoms with Gasteiger partial charge in [-0.1, -0.05) is 12.1 Å². The number of methoxy groups -OCH3 is 2. The van der Waals surface area contributed by atoms with Crippen LogP contribution >= 0.6 is 11.8 Å². The number of benzene rings is 2. The SMILES string of the molecule is COc1cccc(/C=C(/Sc2nnc(-c3ccc(F)cc3)o2)C(=O)[O-])c1OC. The van der Waals surface area contributed by atoms with Crippen LogP contribution < -0.4 is 14.6 Å². The van der Waals surface area contributed by atoms with Gasteiger partial charge in [0.05, 0.1) is 20.2 Å². The molecule has 0 spiro atoms. The van der Waals surface area contributed by atoms with Crippen LogP contribution in [0.3, 0.4) is 0 Å². The average molecular weight is 401 g/mol. The van der Waals surface area contributed by atoms with Crippen LogP contribution in [0.4, 0.5) is 4.39 Å². The van der Waals surface area contributed by atoms with Gasteiger partial charge in [-0.2, -0.15) is 0 Å². The summed E-state index contributed by atoms with van der Waals surface area (Å²) in [6.07, 6.45) is 1.36. The summed E-state index contributed by atoms with van der Waals surface area (Å²) in [6, 6.07) is 10.5. The predicted molar refractivity (Wildman–Crippen MR) is 98.1 cm³/mol. The topological polar surface area (TPSA) is 97.5 Å². The molecule has 0 saturated carbocycles. The van der Waals surface area contributed by atoms with Gasteiger partial charge in [-0.15, -0.1) is 10.2 Å². The van der Waals surface area contributed by atoms with E-state index in [-0.39, 0.29) is 16.0 Å². The molecule has 1 aromatic heterocycles. The van der Waals surface area contributed by atoms with Gasteiger partial charge in [0.25, 0.3) is 5.22 Å². The Morgan fingerprint density at radius 3 is 2.54 bits per heavy atom. The number of nitrogens with zero attached hydrogens (tertiary/aromatic N) is 2. The Bertz CT molecular complexity index is 1020. The van der Waals surface area contributed by atoms with Gasteiger partial charge in [-0.3, -0.25) is 0 Å². The molecule has 0 aliphatic carbocycles. The van der Waals surface area contributed by atoms with Crippen molar-refractivity contribution in [1.29, 1.82) is 0 Å². The summed E-state index contributed by atoms with van der Waals surface area (Å²) in [5.74, 6) is -0.847. The number of halogens is 1. The molecule has 3 aromatic rings. The number of carbonyl (C=O) groups is 1. The second-order valence-electron chi connectivity index (χ2n) is 5.36. The van der Waals surface area contributed by atoms with E-state index < -0.39 is 11.8 Å². The Balaban J connectivity index is 1.90. The van der Waals surface area contributed by atoms with Gasteiger partial charge in [0.2, 0.25) is 5.89 Å². The molecule has 3 rings (SSSR count). The molecule has 0 bridgehead atoms. The maximum atomic E-state index is 13.0. The zero-order chi connectivity index (χ0) is 20.1. The number of ether oxygens (including phenoxy) is 2. The third-order valence-electron chi connectivity index (χ3n) is 3.62. The minimum Gasteiger partial charge on any atom is -0.544 e. The Hall–Kier alpha value is -3.33. The smallest absolute Gasteiger partial charge is 0.281 e. The first kappa shape index (κ1) is 19.4. The van der Waals surface area contributed by atoms with Crippen LogP contribution in [0, 0.1) is 5.82 Å². The number of hydrogen-bond donors (Lipinski definition) is 0. The van der Waals surface area contributed by atoms with Crippen LogP contribution in [0.5, 0.6) is 11.5 Å². The number of thioether (sulfide) groups is 1. The van der Waals surface area contributed by atoms with Crippen LogP contribution in [-0.4, -0.2) is 30.4 Å². The summed E-state index contributed by atoms with van der Waals surface area (Å²) in [6.45, 7) is 0. The van der Waals surface area contributed by atoms with Gasteiger partial charge < -0.3 is 23.8 Å². The van der Waals surface area contributed by atoms with E-state index in [9.17, 15) is 14.3 Å². The standard InChI is InChI=1S/C19H15FN2O5S/c1-25-14-5-3-4-12(16(14)26-2)10-15(18(23)24)28-19-22-21-17(27-19)11-6-8-13(20)9-7-11/h3-10H,1-2H3,(H,23,24)/p-1/b15-10+. The molecule has 0 saturated heterocycles. The quantitative estimate of drug-likeness (QED) is 0.440. The van der Waals surface area contributed by atoms with Gasteiger partial charge in [0, 0.05) is 16.0 Å². The molecule has 0 atom stereocenters. The molecular formula is C19H14FN2O5S-. The van der Waals surface area contributed by atoms with Crippen molar-refractivity contribution in [3.05, 3.63) is 58.8 Å². The van der Waals surface area contributed by atoms with Crippen molar-refractivity contribution in [2.75, 3.05) is 14.2 Å². The Morgan fingerprint density at radius 2 is 1.89 bits per heavy atom. The molecule has 0 unspecified atom stereocenters. The lowest BCUT2D eigenvalue weighted by atomic mass is 10.1. The number of hydrogen-bond acceptors (Lipinski definition) is 8. The molecular weight excluding hydrogens is 387 g/mol. The van der Waals surface area contributed by atoms with E-state index in [2.05, 4.69) is 10.2 Å². The molecule has 0 aliphatic rings. The average Bonchev–Trinajstić information content (AvgIpc) is 3.16. The number of rotatable bonds is 7. The summed E-state index contributed by atoms with van der Waals surface area (Å²) in [7, 11) is 2.93. The van der Waals surface area contributed by atoms with Crippen LogP contribution in [0.2, 0.25) is 0 Å². The fraction of sp³-hybridized carbons (Fsp3) is 0.105. The zero-order valence-electron chi connectivity index (χ0n) is 14.8. The molecule has 0 N–H and O–H groups in total. The van der Waals surface area contributed by atoms with E-state index in [1.54, 1.807) is 18.2 Å². The normalized spacial score (nSPS) is 11.3. The molecule has 9 heteroatoms. The number of carboxylic acids is 1. The highest BCUT2D eigenvalue weighted by Crippen LogP contribution is 2.35. The maximum Gasteiger partial charge on any atom is 0.281 e. The lowest BCUT2D eigenvalue weighted by Gasteiger charge is -2.11. The third-order valence-corrected chi connectivity index (χ3v) is 4.46. The van der Waals surface area contributed by atoms with Gasteiger partial charge in [0.1, 0.15) is 5.82 Å². The van der Waals surface area contributed by atoms with E-state index in [0.717, 1.165) is 11.8 Å². The first-order chi connectivity index (χ1) is 13.5. The van der Waals surface area contributed by atoms with Crippen LogP contribution in [0.25, 0.3) is 17.5 Å². The summed E-state index contributed by atoms with van der Waals surface area (Å²) in [4.78, 5) is 11.4. The molecule has 1 heterocycles. The van der Waals surface area contributed by atoms with Crippen LogP contribution in [-0.2, 0) is 4.79 Å². The summed E-state index contributed by atoms with van der Waals surface area (Å²) in [5, 5.41) is 19.2. The minimum absolute atomic E-state index is 0.00311. The summed E-state index contributed by atoms with van der Waals surface area (Å²) < 4.78 is 29.0. The van der Waals surface area contributed by atoms with Crippen molar-refractivity contribution in [3.63, 3.8) is 0 Å². The van der Waals surface area contributed by atoms with Gasteiger partial charge in [-0.05, 0) is 48.2 Å². The second kappa shape index (κ2) is 8.57. The molecule has 0 amide bonds. The maximum absolute atomic E-state index is 13.0. The van der Waals surface area contributed by atoms with Crippen molar-refractivity contribution < 1.29 is 28.2 Å². The van der Waals surface area contributed by atoms with E-state index in [4.69, 9.17) is 13.9 Å². The lowest BCUT2D eigenvalue weighted by Crippen LogP contribution is -2.23. The van der Waals surface area contributed by atoms with Crippen molar-refractivity contribution in [2.24, 2.45) is 0 Å². The highest BCUT2D eigenvalue weighted by Gasteiger charge is 2.14. The number of carbonyl (C=O) groups excluding carboxylic acids is 1. The number of para-hydroxylation sites is 1. The van der Waals surface area contributed by atoms with Crippen molar-refractivity contribution in [1.82, 2.24) is 10.2 Å². The second-order valence-corrected chi connectivity index (χ2v) is 6.35. The minimum atomic E-state index is -1.42. The summed E-state index contributed by atoms with van der Waals surface area (Å²) >= 11 is 0.731. The molecule has 0 aliphatic heterocycles. The van der Waals surface area contributed by atoms with Crippen molar-refractivity contribution in [3.8, 4) is 23.0 Å². The first-order valence-corrected chi connectivity index (χ1v) is 8.74. The fourth-order valence-corrected chi connectivity index (χ4v) is 3.01. The third kappa shape index (κ3) is 4.32. The Morgan fingerprint density at radius 1 is 1.14 bits per heavy atom. The van der Waals surface area contributed by atoms with Crippen LogP contribution in [0.15, 0.2) is 57.0 Å². The molecule has 28 heavy (non-hydrogen) atoms. The number of carboxylic acid groups (broad SMARTS) is 1. The van der Waals surface area contributed by atoms with Gasteiger partial charge in [-0.25, -0.2) is 4.39 Å². The number of aromatic nitrogens is 2. The molecule has 144 valence electrons. The predicted octanol–water partition coefficient (Wildman–Crippen LogP) is 2.78. The van der Waals surface area contributed by atoms with Crippen molar-refractivity contribution in [2.45, 2.75) is 5.22 Å². The Kier molecular flexibility index (Phi) is 5.95. The highest BCUT2D eigenvalue weighted by molar-refractivity contribution is 8.03. The van der Waals surface area contributed by atoms with Gasteiger partial charge >= 0.3 is 0 Å². The Labute approximate surface area is 163 Å². The van der Waals surface area contributed by atoms with Crippen LogP contribution in [0.1, 0.15) is 5.56 Å². The molecule has 0 radical (unpaired) electrons. The lowest BCUT2D eigenvalue weighted by molar-refractivity contribution is -0.298.